The Bertz CT molecular complexity index is 91.4. The van der Waals surface area contributed by atoms with Crippen molar-refractivity contribution in [3.05, 3.63) is 0 Å². The van der Waals surface area contributed by atoms with Crippen molar-refractivity contribution in [3.63, 3.8) is 0 Å². The molecule has 0 aromatic rings. The predicted octanol–water partition coefficient (Wildman–Crippen LogP) is 1.11. The van der Waals surface area contributed by atoms with Gasteiger partial charge in [0.1, 0.15) is 6.79 Å². The molecule has 0 spiro atoms. The van der Waals surface area contributed by atoms with E-state index < -0.39 is 0 Å². The normalized spacial score (nSPS) is 36.4. The summed E-state index contributed by atoms with van der Waals surface area (Å²) in [6.07, 6.45) is 7.25. The van der Waals surface area contributed by atoms with Crippen LogP contribution >= 0.6 is 0 Å². The number of carbonyl (C=O) groups is 1. The van der Waals surface area contributed by atoms with Crippen molar-refractivity contribution in [1.82, 2.24) is 5.32 Å². The lowest BCUT2D eigenvalue weighted by Gasteiger charge is -2.19. The Morgan fingerprint density at radius 1 is 1.00 bits per heavy atom. The molecule has 1 N–H and O–H groups in total. The van der Waals surface area contributed by atoms with Gasteiger partial charge in [0, 0.05) is 12.1 Å². The molecule has 0 aliphatic carbocycles. The van der Waals surface area contributed by atoms with Gasteiger partial charge in [-0.05, 0) is 25.7 Å². The van der Waals surface area contributed by atoms with Crippen molar-refractivity contribution >= 4 is 6.79 Å². The van der Waals surface area contributed by atoms with E-state index in [4.69, 9.17) is 4.79 Å². The molecule has 2 heterocycles. The summed E-state index contributed by atoms with van der Waals surface area (Å²) in [5.41, 5.74) is 0. The molecule has 2 saturated heterocycles. The van der Waals surface area contributed by atoms with Gasteiger partial charge in [0.25, 0.3) is 0 Å². The van der Waals surface area contributed by atoms with Gasteiger partial charge in [-0.2, -0.15) is 0 Å². The first-order valence-electron chi connectivity index (χ1n) is 4.00. The number of fused-ring (bicyclic) bond motifs is 2. The molecule has 2 nitrogen and oxygen atoms in total. The van der Waals surface area contributed by atoms with Gasteiger partial charge >= 0.3 is 0 Å². The maximum absolute atomic E-state index is 8.00. The molecular formula is C8H15NO. The van der Waals surface area contributed by atoms with Crippen LogP contribution in [0, 0.1) is 0 Å². The topological polar surface area (TPSA) is 29.1 Å². The summed E-state index contributed by atoms with van der Waals surface area (Å²) >= 11 is 0. The quantitative estimate of drug-likeness (QED) is 0.547. The first-order valence-corrected chi connectivity index (χ1v) is 4.00. The van der Waals surface area contributed by atoms with Crippen molar-refractivity contribution in [3.8, 4) is 0 Å². The van der Waals surface area contributed by atoms with Gasteiger partial charge in [-0.15, -0.1) is 0 Å². The molecule has 2 heteroatoms. The molecule has 0 saturated carbocycles. The van der Waals surface area contributed by atoms with E-state index in [9.17, 15) is 0 Å². The molecule has 0 amide bonds. The Balaban J connectivity index is 0.000000231. The second-order valence-corrected chi connectivity index (χ2v) is 3.07. The summed E-state index contributed by atoms with van der Waals surface area (Å²) in [6, 6.07) is 1.82. The molecule has 2 aliphatic heterocycles. The smallest absolute Gasteiger partial charge is 0.106 e. The number of carbonyl (C=O) groups excluding carboxylic acids is 1. The molecule has 2 atom stereocenters. The largest absolute Gasteiger partial charge is 0.311 e. The lowest BCUT2D eigenvalue weighted by atomic mass is 10.1. The van der Waals surface area contributed by atoms with Crippen LogP contribution in [0.2, 0.25) is 0 Å². The third kappa shape index (κ3) is 1.57. The number of piperidine rings is 1. The number of hydrogen-bond acceptors (Lipinski definition) is 2. The van der Waals surface area contributed by atoms with Gasteiger partial charge in [0.05, 0.1) is 0 Å². The highest BCUT2D eigenvalue weighted by Gasteiger charge is 2.26. The minimum atomic E-state index is 0.911. The van der Waals surface area contributed by atoms with Gasteiger partial charge in [0.2, 0.25) is 0 Å². The van der Waals surface area contributed by atoms with E-state index >= 15 is 0 Å². The Morgan fingerprint density at radius 2 is 1.50 bits per heavy atom. The first kappa shape index (κ1) is 7.73. The van der Waals surface area contributed by atoms with Crippen LogP contribution in [0.3, 0.4) is 0 Å². The highest BCUT2D eigenvalue weighted by Crippen LogP contribution is 2.25. The monoisotopic (exact) mass is 141 g/mol. The third-order valence-electron chi connectivity index (χ3n) is 2.44. The Kier molecular flexibility index (Phi) is 2.87. The fourth-order valence-electron chi connectivity index (χ4n) is 1.97. The average Bonchev–Trinajstić information content (AvgIpc) is 2.35. The molecular weight excluding hydrogens is 126 g/mol. The van der Waals surface area contributed by atoms with Crippen LogP contribution in [0.15, 0.2) is 0 Å². The molecule has 0 aromatic heterocycles. The number of nitrogens with one attached hydrogen (secondary N) is 1. The van der Waals surface area contributed by atoms with Crippen LogP contribution in [-0.2, 0) is 4.79 Å². The van der Waals surface area contributed by atoms with E-state index in [1.165, 1.54) is 32.1 Å². The lowest BCUT2D eigenvalue weighted by Crippen LogP contribution is -2.33. The van der Waals surface area contributed by atoms with Gasteiger partial charge in [-0.1, -0.05) is 6.42 Å². The van der Waals surface area contributed by atoms with E-state index in [1.54, 1.807) is 0 Å². The van der Waals surface area contributed by atoms with Crippen LogP contribution in [0.25, 0.3) is 0 Å². The number of hydrogen-bond donors (Lipinski definition) is 1. The molecule has 2 fully saturated rings. The Hall–Kier alpha value is -0.370. The first-order chi connectivity index (χ1) is 4.95. The lowest BCUT2D eigenvalue weighted by molar-refractivity contribution is -0.0979. The van der Waals surface area contributed by atoms with Crippen LogP contribution in [0.1, 0.15) is 32.1 Å². The highest BCUT2D eigenvalue weighted by molar-refractivity contribution is 5.10. The van der Waals surface area contributed by atoms with Crippen LogP contribution in [-0.4, -0.2) is 18.9 Å². The standard InChI is InChI=1S/C7H13N.CH2O/c1-2-6-4-5-7(3-1)8-6;1-2/h6-8H,1-5H2;1H2. The van der Waals surface area contributed by atoms with Crippen molar-refractivity contribution < 1.29 is 4.79 Å². The van der Waals surface area contributed by atoms with Crippen LogP contribution < -0.4 is 5.32 Å². The van der Waals surface area contributed by atoms with Crippen molar-refractivity contribution in [2.75, 3.05) is 0 Å². The van der Waals surface area contributed by atoms with E-state index in [-0.39, 0.29) is 0 Å². The van der Waals surface area contributed by atoms with Crippen molar-refractivity contribution in [1.29, 1.82) is 0 Å². The molecule has 58 valence electrons. The highest BCUT2D eigenvalue weighted by atomic mass is 16.1. The van der Waals surface area contributed by atoms with Crippen LogP contribution in [0.4, 0.5) is 0 Å². The number of rotatable bonds is 0. The van der Waals surface area contributed by atoms with Gasteiger partial charge < -0.3 is 10.1 Å². The minimum Gasteiger partial charge on any atom is -0.311 e. The van der Waals surface area contributed by atoms with Crippen molar-refractivity contribution in [2.45, 2.75) is 44.2 Å². The predicted molar refractivity (Wildman–Crippen MR) is 40.9 cm³/mol. The van der Waals surface area contributed by atoms with Gasteiger partial charge in [-0.25, -0.2) is 0 Å². The zero-order valence-corrected chi connectivity index (χ0v) is 6.31. The summed E-state index contributed by atoms with van der Waals surface area (Å²) < 4.78 is 0. The summed E-state index contributed by atoms with van der Waals surface area (Å²) in [6.45, 7) is 2.00. The summed E-state index contributed by atoms with van der Waals surface area (Å²) in [4.78, 5) is 8.00. The second-order valence-electron chi connectivity index (χ2n) is 3.07. The molecule has 0 aromatic carbocycles. The van der Waals surface area contributed by atoms with E-state index in [0.717, 1.165) is 12.1 Å². The zero-order chi connectivity index (χ0) is 7.40. The minimum absolute atomic E-state index is 0.911. The summed E-state index contributed by atoms with van der Waals surface area (Å²) in [5, 5.41) is 3.59. The van der Waals surface area contributed by atoms with Crippen LogP contribution in [0.5, 0.6) is 0 Å². The van der Waals surface area contributed by atoms with Gasteiger partial charge in [0.15, 0.2) is 0 Å². The molecule has 2 unspecified atom stereocenters. The fraction of sp³-hybridized carbons (Fsp3) is 0.875. The molecule has 10 heavy (non-hydrogen) atoms. The summed E-state index contributed by atoms with van der Waals surface area (Å²) in [5.74, 6) is 0. The van der Waals surface area contributed by atoms with Gasteiger partial charge in [-0.3, -0.25) is 0 Å². The molecule has 2 aliphatic rings. The maximum atomic E-state index is 8.00. The molecule has 2 rings (SSSR count). The molecule has 2 bridgehead atoms. The molecule has 0 radical (unpaired) electrons. The Labute approximate surface area is 62.0 Å². The Morgan fingerprint density at radius 3 is 1.90 bits per heavy atom. The van der Waals surface area contributed by atoms with E-state index in [1.807, 2.05) is 6.79 Å². The summed E-state index contributed by atoms with van der Waals surface area (Å²) in [7, 11) is 0. The third-order valence-corrected chi connectivity index (χ3v) is 2.44. The second kappa shape index (κ2) is 3.71. The van der Waals surface area contributed by atoms with E-state index in [0.29, 0.717) is 0 Å². The van der Waals surface area contributed by atoms with E-state index in [2.05, 4.69) is 5.32 Å². The maximum Gasteiger partial charge on any atom is 0.106 e. The fourth-order valence-corrected chi connectivity index (χ4v) is 1.97. The zero-order valence-electron chi connectivity index (χ0n) is 6.31. The van der Waals surface area contributed by atoms with Crippen molar-refractivity contribution in [2.24, 2.45) is 0 Å². The average molecular weight is 141 g/mol. The SMILES string of the molecule is C1CC2CCC(C1)N2.C=O.